The third-order valence-electron chi connectivity index (χ3n) is 5.27. The molecule has 0 aliphatic carbocycles. The van der Waals surface area contributed by atoms with E-state index in [9.17, 15) is 9.50 Å². The van der Waals surface area contributed by atoms with Crippen molar-refractivity contribution in [3.05, 3.63) is 53.6 Å². The Bertz CT molecular complexity index is 821. The van der Waals surface area contributed by atoms with Crippen LogP contribution in [0.4, 0.5) is 4.39 Å². The van der Waals surface area contributed by atoms with E-state index in [1.807, 2.05) is 60.4 Å². The number of hydrogen-bond acceptors (Lipinski definition) is 4. The Morgan fingerprint density at radius 1 is 1.31 bits per heavy atom. The summed E-state index contributed by atoms with van der Waals surface area (Å²) in [4.78, 5) is 2.03. The lowest BCUT2D eigenvalue weighted by Crippen LogP contribution is -2.50. The van der Waals surface area contributed by atoms with Crippen molar-refractivity contribution in [2.75, 3.05) is 13.1 Å². The summed E-state index contributed by atoms with van der Waals surface area (Å²) in [6, 6.07) is 15.7. The molecule has 0 bridgehead atoms. The normalized spacial score (nSPS) is 23.5. The molecule has 1 aliphatic rings. The van der Waals surface area contributed by atoms with Crippen LogP contribution < -0.4 is 0 Å². The molecular formula is C21H23FN2OS. The van der Waals surface area contributed by atoms with E-state index < -0.39 is 10.9 Å². The predicted molar refractivity (Wildman–Crippen MR) is 105 cm³/mol. The fraction of sp³-hybridized carbons (Fsp3) is 0.381. The quantitative estimate of drug-likeness (QED) is 0.780. The molecule has 2 aromatic carbocycles. The maximum absolute atomic E-state index is 14.5. The zero-order valence-corrected chi connectivity index (χ0v) is 15.7. The van der Waals surface area contributed by atoms with Crippen molar-refractivity contribution < 1.29 is 9.50 Å². The Morgan fingerprint density at radius 2 is 2.04 bits per heavy atom. The van der Waals surface area contributed by atoms with E-state index in [4.69, 9.17) is 5.26 Å². The molecule has 5 heteroatoms. The molecule has 0 spiro atoms. The summed E-state index contributed by atoms with van der Waals surface area (Å²) in [5.41, 5.74) is 3.58. The van der Waals surface area contributed by atoms with Crippen LogP contribution in [-0.4, -0.2) is 34.0 Å². The molecule has 0 aromatic heterocycles. The number of likely N-dealkylation sites (tertiary alicyclic amines) is 1. The molecule has 1 N–H and O–H groups in total. The van der Waals surface area contributed by atoms with Gasteiger partial charge in [0.1, 0.15) is 11.9 Å². The van der Waals surface area contributed by atoms with Crippen LogP contribution in [0.15, 0.2) is 42.5 Å². The van der Waals surface area contributed by atoms with Gasteiger partial charge in [-0.05, 0) is 30.0 Å². The fourth-order valence-electron chi connectivity index (χ4n) is 3.48. The zero-order chi connectivity index (χ0) is 18.7. The Hall–Kier alpha value is -2.03. The number of nitriles is 1. The summed E-state index contributed by atoms with van der Waals surface area (Å²) < 4.78 is 13.7. The summed E-state index contributed by atoms with van der Waals surface area (Å²) in [5.74, 6) is 0.274. The Labute approximate surface area is 159 Å². The number of aromatic hydroxyl groups is 1. The first kappa shape index (κ1) is 18.8. The first-order valence-electron chi connectivity index (χ1n) is 8.77. The minimum Gasteiger partial charge on any atom is -0.507 e. The van der Waals surface area contributed by atoms with Crippen molar-refractivity contribution in [1.82, 2.24) is 4.90 Å². The van der Waals surface area contributed by atoms with Crippen molar-refractivity contribution in [3.63, 3.8) is 0 Å². The second kappa shape index (κ2) is 7.69. The fourth-order valence-corrected chi connectivity index (χ4v) is 3.73. The van der Waals surface area contributed by atoms with E-state index in [2.05, 4.69) is 12.6 Å². The van der Waals surface area contributed by atoms with E-state index in [-0.39, 0.29) is 18.7 Å². The molecule has 0 amide bonds. The molecule has 3 nitrogen and oxygen atoms in total. The summed E-state index contributed by atoms with van der Waals surface area (Å²) in [7, 11) is 0. The molecule has 0 radical (unpaired) electrons. The molecular weight excluding hydrogens is 347 g/mol. The molecule has 1 fully saturated rings. The molecule has 2 aromatic rings. The third kappa shape index (κ3) is 3.72. The smallest absolute Gasteiger partial charge is 0.128 e. The SMILES string of the molecule is Cc1c(CN2CCC(S)(CC#N)C(F)C2)ccc(-c2ccccc2)c1O. The summed E-state index contributed by atoms with van der Waals surface area (Å²) in [5, 5.41) is 19.5. The van der Waals surface area contributed by atoms with Crippen molar-refractivity contribution in [2.24, 2.45) is 0 Å². The number of hydrogen-bond donors (Lipinski definition) is 2. The van der Waals surface area contributed by atoms with Gasteiger partial charge in [-0.15, -0.1) is 0 Å². The van der Waals surface area contributed by atoms with Crippen LogP contribution in [0.3, 0.4) is 0 Å². The average Bonchev–Trinajstić information content (AvgIpc) is 2.63. The van der Waals surface area contributed by atoms with Crippen molar-refractivity contribution >= 4 is 12.6 Å². The molecule has 2 unspecified atom stereocenters. The molecule has 1 aliphatic heterocycles. The van der Waals surface area contributed by atoms with Gasteiger partial charge in [-0.3, -0.25) is 4.90 Å². The number of nitrogens with zero attached hydrogens (tertiary/aromatic N) is 2. The Kier molecular flexibility index (Phi) is 5.55. The average molecular weight is 370 g/mol. The van der Waals surface area contributed by atoms with E-state index in [0.29, 0.717) is 19.5 Å². The maximum Gasteiger partial charge on any atom is 0.128 e. The molecule has 1 saturated heterocycles. The number of piperidine rings is 1. The van der Waals surface area contributed by atoms with Crippen LogP contribution in [-0.2, 0) is 6.54 Å². The second-order valence-corrected chi connectivity index (χ2v) is 7.89. The number of thiol groups is 1. The molecule has 1 heterocycles. The highest BCUT2D eigenvalue weighted by atomic mass is 32.1. The van der Waals surface area contributed by atoms with E-state index >= 15 is 0 Å². The van der Waals surface area contributed by atoms with Crippen LogP contribution in [0.25, 0.3) is 11.1 Å². The van der Waals surface area contributed by atoms with Gasteiger partial charge in [0.25, 0.3) is 0 Å². The van der Waals surface area contributed by atoms with Gasteiger partial charge in [0, 0.05) is 25.2 Å². The highest BCUT2D eigenvalue weighted by Gasteiger charge is 2.40. The van der Waals surface area contributed by atoms with Crippen LogP contribution in [0, 0.1) is 18.3 Å². The minimum absolute atomic E-state index is 0.122. The number of benzene rings is 2. The van der Waals surface area contributed by atoms with Gasteiger partial charge in [-0.1, -0.05) is 42.5 Å². The lowest BCUT2D eigenvalue weighted by Gasteiger charge is -2.40. The first-order chi connectivity index (χ1) is 12.4. The largest absolute Gasteiger partial charge is 0.507 e. The van der Waals surface area contributed by atoms with Crippen LogP contribution in [0.2, 0.25) is 0 Å². The van der Waals surface area contributed by atoms with Gasteiger partial charge in [0.15, 0.2) is 0 Å². The monoisotopic (exact) mass is 370 g/mol. The highest BCUT2D eigenvalue weighted by Crippen LogP contribution is 2.37. The topological polar surface area (TPSA) is 47.3 Å². The molecule has 0 saturated carbocycles. The Morgan fingerprint density at radius 3 is 2.69 bits per heavy atom. The van der Waals surface area contributed by atoms with E-state index in [1.54, 1.807) is 0 Å². The number of phenolic OH excluding ortho intramolecular Hbond substituents is 1. The molecule has 26 heavy (non-hydrogen) atoms. The van der Waals surface area contributed by atoms with Crippen LogP contribution in [0.1, 0.15) is 24.0 Å². The van der Waals surface area contributed by atoms with Gasteiger partial charge >= 0.3 is 0 Å². The van der Waals surface area contributed by atoms with Gasteiger partial charge in [-0.25, -0.2) is 4.39 Å². The molecule has 3 rings (SSSR count). The standard InChI is InChI=1S/C21H23FN2OS/c1-15-17(7-8-18(20(15)25)16-5-3-2-4-6-16)13-24-12-10-21(26,9-11-23)19(22)14-24/h2-8,19,25-26H,9-10,12-14H2,1H3. The van der Waals surface area contributed by atoms with Crippen LogP contribution >= 0.6 is 12.6 Å². The number of rotatable bonds is 4. The Balaban J connectivity index is 1.76. The van der Waals surface area contributed by atoms with Gasteiger partial charge in [0.2, 0.25) is 0 Å². The van der Waals surface area contributed by atoms with Crippen molar-refractivity contribution in [1.29, 1.82) is 5.26 Å². The maximum atomic E-state index is 14.5. The van der Waals surface area contributed by atoms with Gasteiger partial charge < -0.3 is 5.11 Å². The van der Waals surface area contributed by atoms with E-state index in [0.717, 1.165) is 22.3 Å². The van der Waals surface area contributed by atoms with Crippen molar-refractivity contribution in [3.8, 4) is 22.9 Å². The minimum atomic E-state index is -1.14. The van der Waals surface area contributed by atoms with E-state index in [1.165, 1.54) is 0 Å². The molecule has 2 atom stereocenters. The predicted octanol–water partition coefficient (Wildman–Crippen LogP) is 4.49. The van der Waals surface area contributed by atoms with Crippen LogP contribution in [0.5, 0.6) is 5.75 Å². The summed E-state index contributed by atoms with van der Waals surface area (Å²) in [6.45, 7) is 3.41. The highest BCUT2D eigenvalue weighted by molar-refractivity contribution is 7.81. The van der Waals surface area contributed by atoms with Gasteiger partial charge in [-0.2, -0.15) is 17.9 Å². The molecule has 136 valence electrons. The van der Waals surface area contributed by atoms with Gasteiger partial charge in [0.05, 0.1) is 17.2 Å². The first-order valence-corrected chi connectivity index (χ1v) is 9.22. The number of phenols is 1. The van der Waals surface area contributed by atoms with Crippen molar-refractivity contribution in [2.45, 2.75) is 37.2 Å². The third-order valence-corrected chi connectivity index (χ3v) is 5.93. The summed E-state index contributed by atoms with van der Waals surface area (Å²) >= 11 is 4.42. The number of alkyl halides is 1. The second-order valence-electron chi connectivity index (χ2n) is 7.00. The zero-order valence-electron chi connectivity index (χ0n) is 14.8. The number of halogens is 1. The summed E-state index contributed by atoms with van der Waals surface area (Å²) in [6.07, 6.45) is -0.481. The lowest BCUT2D eigenvalue weighted by molar-refractivity contribution is 0.100. The lowest BCUT2D eigenvalue weighted by atomic mass is 9.90.